The first kappa shape index (κ1) is 15.4. The first-order valence-corrected chi connectivity index (χ1v) is 6.95. The van der Waals surface area contributed by atoms with Crippen LogP contribution in [0.25, 0.3) is 0 Å². The van der Waals surface area contributed by atoms with E-state index >= 15 is 0 Å². The number of halogens is 2. The fourth-order valence-corrected chi connectivity index (χ4v) is 2.07. The van der Waals surface area contributed by atoms with Crippen molar-refractivity contribution >= 4 is 0 Å². The molecule has 2 nitrogen and oxygen atoms in total. The average Bonchev–Trinajstić information content (AvgIpc) is 2.53. The fraction of sp³-hybridized carbons (Fsp3) is 0.294. The predicted molar refractivity (Wildman–Crippen MR) is 79.5 cm³/mol. The van der Waals surface area contributed by atoms with E-state index in [1.165, 1.54) is 12.1 Å². The Balaban J connectivity index is 2.13. The molecule has 0 spiro atoms. The van der Waals surface area contributed by atoms with Gasteiger partial charge in [-0.3, -0.25) is 0 Å². The molecular formula is C17H19F2NO. The maximum absolute atomic E-state index is 14.1. The summed E-state index contributed by atoms with van der Waals surface area (Å²) < 4.78 is 33.5. The van der Waals surface area contributed by atoms with Crippen LogP contribution in [-0.2, 0) is 5.92 Å². The number of alkyl halides is 2. The lowest BCUT2D eigenvalue weighted by atomic mass is 10.0. The Bertz CT molecular complexity index is 572. The first-order valence-electron chi connectivity index (χ1n) is 6.95. The Morgan fingerprint density at radius 2 is 1.67 bits per heavy atom. The second-order valence-corrected chi connectivity index (χ2v) is 4.91. The molecule has 0 saturated carbocycles. The van der Waals surface area contributed by atoms with Crippen molar-refractivity contribution in [3.05, 3.63) is 65.7 Å². The summed E-state index contributed by atoms with van der Waals surface area (Å²) in [5.41, 5.74) is 6.68. The highest BCUT2D eigenvalue weighted by Gasteiger charge is 2.32. The highest BCUT2D eigenvalue weighted by Crippen LogP contribution is 2.31. The fourth-order valence-electron chi connectivity index (χ4n) is 2.07. The lowest BCUT2D eigenvalue weighted by Crippen LogP contribution is -2.24. The summed E-state index contributed by atoms with van der Waals surface area (Å²) in [6.07, 6.45) is 0.718. The van der Waals surface area contributed by atoms with Crippen LogP contribution < -0.4 is 10.5 Å². The highest BCUT2D eigenvalue weighted by atomic mass is 19.3. The third kappa shape index (κ3) is 3.79. The van der Waals surface area contributed by atoms with Gasteiger partial charge in [-0.15, -0.1) is 0 Å². The molecule has 2 N–H and O–H groups in total. The van der Waals surface area contributed by atoms with E-state index in [1.807, 2.05) is 19.1 Å². The van der Waals surface area contributed by atoms with Crippen LogP contribution in [0.4, 0.5) is 8.78 Å². The van der Waals surface area contributed by atoms with Gasteiger partial charge >= 0.3 is 5.92 Å². The summed E-state index contributed by atoms with van der Waals surface area (Å²) in [7, 11) is 0. The van der Waals surface area contributed by atoms with E-state index < -0.39 is 12.5 Å². The number of hydrogen-bond acceptors (Lipinski definition) is 2. The molecule has 0 heterocycles. The van der Waals surface area contributed by atoms with Gasteiger partial charge in [0.05, 0.1) is 0 Å². The van der Waals surface area contributed by atoms with E-state index in [4.69, 9.17) is 10.5 Å². The van der Waals surface area contributed by atoms with Crippen molar-refractivity contribution in [2.75, 3.05) is 6.61 Å². The van der Waals surface area contributed by atoms with Gasteiger partial charge in [0.15, 0.2) is 6.61 Å². The molecule has 0 radical (unpaired) electrons. The van der Waals surface area contributed by atoms with Gasteiger partial charge in [0.2, 0.25) is 0 Å². The minimum Gasteiger partial charge on any atom is -0.487 e. The predicted octanol–water partition coefficient (Wildman–Crippen LogP) is 4.27. The number of hydrogen-bond donors (Lipinski definition) is 1. The second kappa shape index (κ2) is 6.68. The van der Waals surface area contributed by atoms with E-state index in [0.29, 0.717) is 5.75 Å². The summed E-state index contributed by atoms with van der Waals surface area (Å²) in [5, 5.41) is 0. The molecule has 0 unspecified atom stereocenters. The van der Waals surface area contributed by atoms with Crippen LogP contribution in [0, 0.1) is 0 Å². The van der Waals surface area contributed by atoms with Crippen molar-refractivity contribution in [3.63, 3.8) is 0 Å². The van der Waals surface area contributed by atoms with E-state index in [1.54, 1.807) is 30.3 Å². The second-order valence-electron chi connectivity index (χ2n) is 4.91. The van der Waals surface area contributed by atoms with Gasteiger partial charge in [0, 0.05) is 17.2 Å². The number of rotatable bonds is 6. The molecule has 2 aromatic carbocycles. The average molecular weight is 291 g/mol. The van der Waals surface area contributed by atoms with Crippen LogP contribution in [-0.4, -0.2) is 6.61 Å². The van der Waals surface area contributed by atoms with Crippen LogP contribution in [0.3, 0.4) is 0 Å². The van der Waals surface area contributed by atoms with Gasteiger partial charge < -0.3 is 10.5 Å². The lowest BCUT2D eigenvalue weighted by Gasteiger charge is -2.20. The Kier molecular flexibility index (Phi) is 4.91. The third-order valence-corrected chi connectivity index (χ3v) is 3.36. The summed E-state index contributed by atoms with van der Waals surface area (Å²) in [5.74, 6) is -2.62. The highest BCUT2D eigenvalue weighted by molar-refractivity contribution is 5.36. The van der Waals surface area contributed by atoms with E-state index in [9.17, 15) is 8.78 Å². The summed E-state index contributed by atoms with van der Waals surface area (Å²) in [6.45, 7) is 1.24. The number of para-hydroxylation sites is 1. The van der Waals surface area contributed by atoms with E-state index in [0.717, 1.165) is 12.0 Å². The SMILES string of the molecule is CC[C@@H](N)c1ccccc1OCC(F)(F)c1ccccc1. The van der Waals surface area contributed by atoms with Crippen molar-refractivity contribution in [2.24, 2.45) is 5.73 Å². The quantitative estimate of drug-likeness (QED) is 0.862. The molecule has 0 saturated heterocycles. The monoisotopic (exact) mass is 291 g/mol. The Morgan fingerprint density at radius 3 is 2.33 bits per heavy atom. The molecule has 2 aromatic rings. The molecule has 0 aliphatic heterocycles. The molecule has 4 heteroatoms. The van der Waals surface area contributed by atoms with Gasteiger partial charge in [-0.25, -0.2) is 0 Å². The first-order chi connectivity index (χ1) is 10.0. The number of nitrogens with two attached hydrogens (primary N) is 1. The van der Waals surface area contributed by atoms with Crippen molar-refractivity contribution in [2.45, 2.75) is 25.3 Å². The van der Waals surface area contributed by atoms with Gasteiger partial charge in [-0.2, -0.15) is 8.78 Å². The van der Waals surface area contributed by atoms with Crippen LogP contribution >= 0.6 is 0 Å². The van der Waals surface area contributed by atoms with E-state index in [-0.39, 0.29) is 11.6 Å². The van der Waals surface area contributed by atoms with Gasteiger partial charge in [-0.1, -0.05) is 55.5 Å². The molecule has 0 aromatic heterocycles. The lowest BCUT2D eigenvalue weighted by molar-refractivity contribution is -0.0470. The molecular weight excluding hydrogens is 272 g/mol. The maximum Gasteiger partial charge on any atom is 0.306 e. The zero-order valence-corrected chi connectivity index (χ0v) is 11.9. The summed E-state index contributed by atoms with van der Waals surface area (Å²) >= 11 is 0. The smallest absolute Gasteiger partial charge is 0.306 e. The molecule has 112 valence electrons. The summed E-state index contributed by atoms with van der Waals surface area (Å²) in [6, 6.07) is 14.5. The van der Waals surface area contributed by atoms with Crippen LogP contribution in [0.1, 0.15) is 30.5 Å². The zero-order chi connectivity index (χ0) is 15.3. The summed E-state index contributed by atoms with van der Waals surface area (Å²) in [4.78, 5) is 0. The van der Waals surface area contributed by atoms with Gasteiger partial charge in [-0.05, 0) is 12.5 Å². The molecule has 1 atom stereocenters. The number of ether oxygens (including phenoxy) is 1. The molecule has 0 amide bonds. The van der Waals surface area contributed by atoms with E-state index in [2.05, 4.69) is 0 Å². The van der Waals surface area contributed by atoms with Crippen molar-refractivity contribution in [3.8, 4) is 5.75 Å². The molecule has 2 rings (SSSR count). The molecule has 0 aliphatic carbocycles. The Labute approximate surface area is 123 Å². The minimum absolute atomic E-state index is 0.0535. The molecule has 0 aliphatic rings. The van der Waals surface area contributed by atoms with Crippen molar-refractivity contribution in [1.82, 2.24) is 0 Å². The largest absolute Gasteiger partial charge is 0.487 e. The van der Waals surface area contributed by atoms with Gasteiger partial charge in [0.1, 0.15) is 5.75 Å². The Hall–Kier alpha value is -1.94. The van der Waals surface area contributed by atoms with Crippen LogP contribution in [0.2, 0.25) is 0 Å². The van der Waals surface area contributed by atoms with Crippen molar-refractivity contribution in [1.29, 1.82) is 0 Å². The minimum atomic E-state index is -3.04. The standard InChI is InChI=1S/C17H19F2NO/c1-2-15(20)14-10-6-7-11-16(14)21-12-17(18,19)13-8-4-3-5-9-13/h3-11,15H,2,12,20H2,1H3/t15-/m1/s1. The Morgan fingerprint density at radius 1 is 1.05 bits per heavy atom. The van der Waals surface area contributed by atoms with Gasteiger partial charge in [0.25, 0.3) is 0 Å². The maximum atomic E-state index is 14.1. The molecule has 21 heavy (non-hydrogen) atoms. The normalized spacial score (nSPS) is 13.0. The topological polar surface area (TPSA) is 35.2 Å². The zero-order valence-electron chi connectivity index (χ0n) is 11.9. The molecule has 0 bridgehead atoms. The molecule has 0 fully saturated rings. The van der Waals surface area contributed by atoms with Crippen molar-refractivity contribution < 1.29 is 13.5 Å². The van der Waals surface area contributed by atoms with Crippen LogP contribution in [0.15, 0.2) is 54.6 Å². The van der Waals surface area contributed by atoms with Crippen LogP contribution in [0.5, 0.6) is 5.75 Å². The third-order valence-electron chi connectivity index (χ3n) is 3.36. The number of benzene rings is 2.